The summed E-state index contributed by atoms with van der Waals surface area (Å²) in [5, 5.41) is 9.99. The second kappa shape index (κ2) is 6.12. The molecule has 2 rings (SSSR count). The monoisotopic (exact) mass is 235 g/mol. The second-order valence-electron chi connectivity index (χ2n) is 4.84. The van der Waals surface area contributed by atoms with Gasteiger partial charge in [-0.15, -0.1) is 0 Å². The van der Waals surface area contributed by atoms with Crippen LogP contribution in [0.25, 0.3) is 0 Å². The Kier molecular flexibility index (Phi) is 4.51. The number of ether oxygens (including phenoxy) is 1. The van der Waals surface area contributed by atoms with Crippen LogP contribution in [0.3, 0.4) is 0 Å². The Morgan fingerprint density at radius 3 is 3.18 bits per heavy atom. The third-order valence-electron chi connectivity index (χ3n) is 3.39. The van der Waals surface area contributed by atoms with Crippen LogP contribution in [0.1, 0.15) is 36.9 Å². The first-order chi connectivity index (χ1) is 8.25. The van der Waals surface area contributed by atoms with Gasteiger partial charge in [0.2, 0.25) is 0 Å². The molecular weight excluding hydrogens is 214 g/mol. The topological polar surface area (TPSA) is 42.4 Å². The fourth-order valence-corrected chi connectivity index (χ4v) is 2.31. The van der Waals surface area contributed by atoms with Crippen LogP contribution in [0.2, 0.25) is 0 Å². The van der Waals surface area contributed by atoms with Crippen LogP contribution in [0.5, 0.6) is 0 Å². The third-order valence-corrected chi connectivity index (χ3v) is 3.39. The SMILES string of the molecule is Cc1cccnc1CC(O)CCC1CCCO1. The zero-order valence-corrected chi connectivity index (χ0v) is 10.4. The predicted octanol–water partition coefficient (Wildman–Crippen LogP) is 2.25. The van der Waals surface area contributed by atoms with Crippen molar-refractivity contribution in [1.82, 2.24) is 4.98 Å². The van der Waals surface area contributed by atoms with Crippen molar-refractivity contribution in [1.29, 1.82) is 0 Å². The molecule has 3 heteroatoms. The highest BCUT2D eigenvalue weighted by molar-refractivity contribution is 5.18. The van der Waals surface area contributed by atoms with Gasteiger partial charge in [-0.05, 0) is 44.2 Å². The molecule has 1 aliphatic heterocycles. The molecule has 0 aromatic carbocycles. The summed E-state index contributed by atoms with van der Waals surface area (Å²) in [6.07, 6.45) is 6.60. The summed E-state index contributed by atoms with van der Waals surface area (Å²) < 4.78 is 5.55. The molecule has 17 heavy (non-hydrogen) atoms. The average Bonchev–Trinajstić information content (AvgIpc) is 2.82. The van der Waals surface area contributed by atoms with E-state index in [2.05, 4.69) is 4.98 Å². The van der Waals surface area contributed by atoms with E-state index in [1.165, 1.54) is 6.42 Å². The molecule has 0 spiro atoms. The van der Waals surface area contributed by atoms with Gasteiger partial charge >= 0.3 is 0 Å². The van der Waals surface area contributed by atoms with Gasteiger partial charge in [0.25, 0.3) is 0 Å². The normalized spacial score (nSPS) is 21.6. The van der Waals surface area contributed by atoms with Gasteiger partial charge in [-0.3, -0.25) is 4.98 Å². The van der Waals surface area contributed by atoms with Crippen LogP contribution in [0, 0.1) is 6.92 Å². The zero-order chi connectivity index (χ0) is 12.1. The lowest BCUT2D eigenvalue weighted by molar-refractivity contribution is 0.0810. The standard InChI is InChI=1S/C14H21NO2/c1-11-4-2-8-15-14(11)10-12(16)6-7-13-5-3-9-17-13/h2,4,8,12-13,16H,3,5-7,9-10H2,1H3. The summed E-state index contributed by atoms with van der Waals surface area (Å²) in [4.78, 5) is 4.31. The Morgan fingerprint density at radius 2 is 2.47 bits per heavy atom. The minimum Gasteiger partial charge on any atom is -0.393 e. The van der Waals surface area contributed by atoms with Crippen LogP contribution < -0.4 is 0 Å². The number of nitrogens with zero attached hydrogens (tertiary/aromatic N) is 1. The lowest BCUT2D eigenvalue weighted by Crippen LogP contribution is -2.16. The quantitative estimate of drug-likeness (QED) is 0.851. The van der Waals surface area contributed by atoms with Crippen molar-refractivity contribution in [2.75, 3.05) is 6.61 Å². The van der Waals surface area contributed by atoms with E-state index in [1.54, 1.807) is 6.20 Å². The van der Waals surface area contributed by atoms with Crippen LogP contribution in [0.15, 0.2) is 18.3 Å². The lowest BCUT2D eigenvalue weighted by atomic mass is 10.0. The van der Waals surface area contributed by atoms with Gasteiger partial charge in [-0.1, -0.05) is 6.07 Å². The number of aryl methyl sites for hydroxylation is 1. The summed E-state index contributed by atoms with van der Waals surface area (Å²) in [7, 11) is 0. The molecule has 3 nitrogen and oxygen atoms in total. The Balaban J connectivity index is 1.76. The number of aromatic nitrogens is 1. The Hall–Kier alpha value is -0.930. The van der Waals surface area contributed by atoms with Crippen molar-refractivity contribution >= 4 is 0 Å². The summed E-state index contributed by atoms with van der Waals surface area (Å²) >= 11 is 0. The van der Waals surface area contributed by atoms with E-state index in [1.807, 2.05) is 19.1 Å². The summed E-state index contributed by atoms with van der Waals surface area (Å²) in [5.41, 5.74) is 2.16. The number of aliphatic hydroxyl groups is 1. The average molecular weight is 235 g/mol. The summed E-state index contributed by atoms with van der Waals surface area (Å²) in [6, 6.07) is 3.96. The van der Waals surface area contributed by atoms with Gasteiger partial charge in [0.05, 0.1) is 12.2 Å². The van der Waals surface area contributed by atoms with Gasteiger partial charge in [0.1, 0.15) is 0 Å². The van der Waals surface area contributed by atoms with Crippen LogP contribution in [0.4, 0.5) is 0 Å². The van der Waals surface area contributed by atoms with Crippen molar-refractivity contribution < 1.29 is 9.84 Å². The molecule has 1 saturated heterocycles. The highest BCUT2D eigenvalue weighted by Crippen LogP contribution is 2.19. The zero-order valence-electron chi connectivity index (χ0n) is 10.4. The molecule has 1 aromatic rings. The number of aliphatic hydroxyl groups excluding tert-OH is 1. The molecule has 94 valence electrons. The molecule has 0 bridgehead atoms. The third kappa shape index (κ3) is 3.79. The van der Waals surface area contributed by atoms with Gasteiger partial charge in [-0.2, -0.15) is 0 Å². The molecule has 0 aliphatic carbocycles. The number of hydrogen-bond donors (Lipinski definition) is 1. The van der Waals surface area contributed by atoms with Crippen LogP contribution >= 0.6 is 0 Å². The van der Waals surface area contributed by atoms with Gasteiger partial charge in [0, 0.05) is 24.9 Å². The van der Waals surface area contributed by atoms with E-state index in [0.717, 1.165) is 37.1 Å². The molecule has 0 amide bonds. The molecule has 0 saturated carbocycles. The second-order valence-corrected chi connectivity index (χ2v) is 4.84. The first-order valence-electron chi connectivity index (χ1n) is 6.46. The minimum absolute atomic E-state index is 0.298. The van der Waals surface area contributed by atoms with Gasteiger partial charge in [0.15, 0.2) is 0 Å². The number of hydrogen-bond acceptors (Lipinski definition) is 3. The smallest absolute Gasteiger partial charge is 0.0596 e. The Bertz CT molecular complexity index is 348. The van der Waals surface area contributed by atoms with E-state index < -0.39 is 0 Å². The Morgan fingerprint density at radius 1 is 1.59 bits per heavy atom. The number of rotatable bonds is 5. The van der Waals surface area contributed by atoms with E-state index in [-0.39, 0.29) is 6.10 Å². The maximum Gasteiger partial charge on any atom is 0.0596 e. The first-order valence-corrected chi connectivity index (χ1v) is 6.46. The molecule has 1 aliphatic rings. The molecule has 2 heterocycles. The molecule has 0 radical (unpaired) electrons. The molecule has 2 unspecified atom stereocenters. The van der Waals surface area contributed by atoms with Crippen molar-refractivity contribution in [3.05, 3.63) is 29.6 Å². The predicted molar refractivity (Wildman–Crippen MR) is 66.9 cm³/mol. The minimum atomic E-state index is -0.298. The van der Waals surface area contributed by atoms with Crippen molar-refractivity contribution in [3.63, 3.8) is 0 Å². The lowest BCUT2D eigenvalue weighted by Gasteiger charge is -2.14. The van der Waals surface area contributed by atoms with E-state index >= 15 is 0 Å². The fraction of sp³-hybridized carbons (Fsp3) is 0.643. The van der Waals surface area contributed by atoms with E-state index in [0.29, 0.717) is 12.5 Å². The van der Waals surface area contributed by atoms with E-state index in [9.17, 15) is 5.11 Å². The molecule has 1 aromatic heterocycles. The number of pyridine rings is 1. The maximum atomic E-state index is 9.99. The van der Waals surface area contributed by atoms with Crippen molar-refractivity contribution in [3.8, 4) is 0 Å². The van der Waals surface area contributed by atoms with E-state index in [4.69, 9.17) is 4.74 Å². The molecule has 1 fully saturated rings. The van der Waals surface area contributed by atoms with Crippen molar-refractivity contribution in [2.45, 2.75) is 51.2 Å². The maximum absolute atomic E-state index is 9.99. The van der Waals surface area contributed by atoms with Crippen molar-refractivity contribution in [2.24, 2.45) is 0 Å². The molecule has 2 atom stereocenters. The first kappa shape index (κ1) is 12.5. The molecule has 1 N–H and O–H groups in total. The Labute approximate surface area is 103 Å². The highest BCUT2D eigenvalue weighted by Gasteiger charge is 2.17. The largest absolute Gasteiger partial charge is 0.393 e. The van der Waals surface area contributed by atoms with Crippen LogP contribution in [-0.4, -0.2) is 28.9 Å². The molecular formula is C14H21NO2. The fourth-order valence-electron chi connectivity index (χ4n) is 2.31. The van der Waals surface area contributed by atoms with Crippen LogP contribution in [-0.2, 0) is 11.2 Å². The highest BCUT2D eigenvalue weighted by atomic mass is 16.5. The summed E-state index contributed by atoms with van der Waals surface area (Å²) in [6.45, 7) is 2.93. The van der Waals surface area contributed by atoms with Gasteiger partial charge < -0.3 is 9.84 Å². The van der Waals surface area contributed by atoms with Gasteiger partial charge in [-0.25, -0.2) is 0 Å². The summed E-state index contributed by atoms with van der Waals surface area (Å²) in [5.74, 6) is 0.